The number of nitrogens with zero attached hydrogens (tertiary/aromatic N) is 3. The molecule has 0 saturated carbocycles. The molecule has 0 unspecified atom stereocenters. The van der Waals surface area contributed by atoms with E-state index in [9.17, 15) is 4.79 Å². The number of aryl methyl sites for hydroxylation is 3. The number of carbonyl (C=O) groups is 1. The summed E-state index contributed by atoms with van der Waals surface area (Å²) in [6.07, 6.45) is 6.19. The van der Waals surface area contributed by atoms with Gasteiger partial charge in [-0.3, -0.25) is 9.78 Å². The molecular formula is C21H23N3OS. The van der Waals surface area contributed by atoms with Crippen molar-refractivity contribution in [2.75, 3.05) is 13.6 Å². The van der Waals surface area contributed by atoms with Gasteiger partial charge in [0.25, 0.3) is 5.91 Å². The third kappa shape index (κ3) is 4.76. The number of benzene rings is 1. The topological polar surface area (TPSA) is 46.1 Å². The van der Waals surface area contributed by atoms with Gasteiger partial charge in [0.2, 0.25) is 0 Å². The van der Waals surface area contributed by atoms with E-state index in [2.05, 4.69) is 34.2 Å². The molecule has 0 bridgehead atoms. The lowest BCUT2D eigenvalue weighted by molar-refractivity contribution is 0.0800. The van der Waals surface area contributed by atoms with Gasteiger partial charge in [-0.15, -0.1) is 11.3 Å². The number of hydrogen-bond acceptors (Lipinski definition) is 4. The SMILES string of the molecule is Cc1nc(CCc2ccccc2)sc1C(=O)N(C)CCc1ccncc1. The van der Waals surface area contributed by atoms with Gasteiger partial charge in [0.1, 0.15) is 4.88 Å². The van der Waals surface area contributed by atoms with E-state index in [4.69, 9.17) is 0 Å². The molecule has 26 heavy (non-hydrogen) atoms. The fraction of sp³-hybridized carbons (Fsp3) is 0.286. The lowest BCUT2D eigenvalue weighted by Crippen LogP contribution is -2.28. The van der Waals surface area contributed by atoms with Crippen LogP contribution in [0.4, 0.5) is 0 Å². The number of thiazole rings is 1. The minimum Gasteiger partial charge on any atom is -0.341 e. The number of carbonyl (C=O) groups excluding carboxylic acids is 1. The van der Waals surface area contributed by atoms with Gasteiger partial charge in [-0.2, -0.15) is 0 Å². The maximum Gasteiger partial charge on any atom is 0.265 e. The van der Waals surface area contributed by atoms with Gasteiger partial charge in [0, 0.05) is 32.4 Å². The lowest BCUT2D eigenvalue weighted by Gasteiger charge is -2.16. The Kier molecular flexibility index (Phi) is 6.12. The molecule has 2 aromatic heterocycles. The van der Waals surface area contributed by atoms with Crippen LogP contribution in [0.15, 0.2) is 54.9 Å². The van der Waals surface area contributed by atoms with Crippen molar-refractivity contribution in [1.29, 1.82) is 0 Å². The molecule has 0 fully saturated rings. The Morgan fingerprint density at radius 1 is 1.00 bits per heavy atom. The Hall–Kier alpha value is -2.53. The molecular weight excluding hydrogens is 342 g/mol. The van der Waals surface area contributed by atoms with Gasteiger partial charge < -0.3 is 4.90 Å². The number of pyridine rings is 1. The van der Waals surface area contributed by atoms with Crippen LogP contribution in [0.25, 0.3) is 0 Å². The number of likely N-dealkylation sites (N-methyl/N-ethyl adjacent to an activating group) is 1. The van der Waals surface area contributed by atoms with Gasteiger partial charge in [-0.05, 0) is 43.0 Å². The van der Waals surface area contributed by atoms with Crippen molar-refractivity contribution >= 4 is 17.2 Å². The van der Waals surface area contributed by atoms with Crippen LogP contribution in [-0.4, -0.2) is 34.4 Å². The van der Waals surface area contributed by atoms with Crippen LogP contribution < -0.4 is 0 Å². The summed E-state index contributed by atoms with van der Waals surface area (Å²) in [6.45, 7) is 2.60. The fourth-order valence-electron chi connectivity index (χ4n) is 2.77. The second-order valence-electron chi connectivity index (χ2n) is 6.34. The Balaban J connectivity index is 1.59. The first-order valence-corrected chi connectivity index (χ1v) is 9.59. The number of aromatic nitrogens is 2. The molecule has 0 radical (unpaired) electrons. The molecule has 0 spiro atoms. The molecule has 0 aliphatic rings. The summed E-state index contributed by atoms with van der Waals surface area (Å²) in [5.41, 5.74) is 3.31. The summed E-state index contributed by atoms with van der Waals surface area (Å²) in [6, 6.07) is 14.3. The summed E-state index contributed by atoms with van der Waals surface area (Å²) < 4.78 is 0. The van der Waals surface area contributed by atoms with E-state index in [0.29, 0.717) is 6.54 Å². The zero-order valence-corrected chi connectivity index (χ0v) is 16.0. The third-order valence-electron chi connectivity index (χ3n) is 4.34. The molecule has 5 heteroatoms. The first kappa shape index (κ1) is 18.3. The highest BCUT2D eigenvalue weighted by molar-refractivity contribution is 7.13. The fourth-order valence-corrected chi connectivity index (χ4v) is 3.83. The summed E-state index contributed by atoms with van der Waals surface area (Å²) >= 11 is 1.52. The van der Waals surface area contributed by atoms with E-state index < -0.39 is 0 Å². The van der Waals surface area contributed by atoms with Crippen molar-refractivity contribution in [2.45, 2.75) is 26.2 Å². The number of amides is 1. The summed E-state index contributed by atoms with van der Waals surface area (Å²) in [4.78, 5) is 23.9. The van der Waals surface area contributed by atoms with Crippen molar-refractivity contribution in [3.05, 3.63) is 81.6 Å². The predicted molar refractivity (Wildman–Crippen MR) is 106 cm³/mol. The highest BCUT2D eigenvalue weighted by Gasteiger charge is 2.18. The number of rotatable bonds is 7. The van der Waals surface area contributed by atoms with E-state index in [-0.39, 0.29) is 5.91 Å². The Morgan fingerprint density at radius 3 is 2.42 bits per heavy atom. The van der Waals surface area contributed by atoms with Gasteiger partial charge in [-0.25, -0.2) is 4.98 Å². The van der Waals surface area contributed by atoms with E-state index in [1.165, 1.54) is 22.5 Å². The molecule has 0 atom stereocenters. The van der Waals surface area contributed by atoms with Crippen LogP contribution in [-0.2, 0) is 19.3 Å². The second kappa shape index (κ2) is 8.72. The minimum absolute atomic E-state index is 0.0556. The molecule has 3 rings (SSSR count). The van der Waals surface area contributed by atoms with Crippen LogP contribution in [0.5, 0.6) is 0 Å². The zero-order valence-electron chi connectivity index (χ0n) is 15.2. The molecule has 1 aromatic carbocycles. The van der Waals surface area contributed by atoms with E-state index in [1.54, 1.807) is 17.3 Å². The Bertz CT molecular complexity index is 846. The highest BCUT2D eigenvalue weighted by atomic mass is 32.1. The quantitative estimate of drug-likeness (QED) is 0.637. The largest absolute Gasteiger partial charge is 0.341 e. The van der Waals surface area contributed by atoms with Gasteiger partial charge in [-0.1, -0.05) is 30.3 Å². The van der Waals surface area contributed by atoms with Crippen LogP contribution >= 0.6 is 11.3 Å². The summed E-state index contributed by atoms with van der Waals surface area (Å²) in [5.74, 6) is 0.0556. The summed E-state index contributed by atoms with van der Waals surface area (Å²) in [7, 11) is 1.85. The van der Waals surface area contributed by atoms with Gasteiger partial charge in [0.05, 0.1) is 10.7 Å². The monoisotopic (exact) mass is 365 g/mol. The van der Waals surface area contributed by atoms with E-state index >= 15 is 0 Å². The predicted octanol–water partition coefficient (Wildman–Crippen LogP) is 3.95. The van der Waals surface area contributed by atoms with E-state index in [0.717, 1.165) is 34.8 Å². The minimum atomic E-state index is 0.0556. The molecule has 2 heterocycles. The molecule has 0 saturated heterocycles. The van der Waals surface area contributed by atoms with Gasteiger partial charge in [0.15, 0.2) is 0 Å². The van der Waals surface area contributed by atoms with Crippen LogP contribution in [0.2, 0.25) is 0 Å². The maximum atomic E-state index is 12.8. The molecule has 3 aromatic rings. The Morgan fingerprint density at radius 2 is 1.69 bits per heavy atom. The van der Waals surface area contributed by atoms with Crippen molar-refractivity contribution in [3.8, 4) is 0 Å². The first-order valence-electron chi connectivity index (χ1n) is 8.78. The first-order chi connectivity index (χ1) is 12.6. The lowest BCUT2D eigenvalue weighted by atomic mass is 10.1. The smallest absolute Gasteiger partial charge is 0.265 e. The van der Waals surface area contributed by atoms with Crippen LogP contribution in [0.3, 0.4) is 0 Å². The van der Waals surface area contributed by atoms with E-state index in [1.807, 2.05) is 32.2 Å². The third-order valence-corrected chi connectivity index (χ3v) is 5.54. The molecule has 0 N–H and O–H groups in total. The zero-order chi connectivity index (χ0) is 18.4. The van der Waals surface area contributed by atoms with Crippen molar-refractivity contribution in [2.24, 2.45) is 0 Å². The number of hydrogen-bond donors (Lipinski definition) is 0. The van der Waals surface area contributed by atoms with Crippen molar-refractivity contribution in [3.63, 3.8) is 0 Å². The molecule has 0 aliphatic heterocycles. The highest BCUT2D eigenvalue weighted by Crippen LogP contribution is 2.21. The Labute approximate surface area is 158 Å². The average Bonchev–Trinajstić information content (AvgIpc) is 3.06. The molecule has 0 aliphatic carbocycles. The average molecular weight is 366 g/mol. The maximum absolute atomic E-state index is 12.8. The molecule has 134 valence electrons. The van der Waals surface area contributed by atoms with Crippen molar-refractivity contribution in [1.82, 2.24) is 14.9 Å². The normalized spacial score (nSPS) is 10.7. The van der Waals surface area contributed by atoms with Crippen molar-refractivity contribution < 1.29 is 4.79 Å². The standard InChI is InChI=1S/C21H23N3OS/c1-16-20(21(25)24(2)15-12-18-10-13-22-14-11-18)26-19(23-16)9-8-17-6-4-3-5-7-17/h3-7,10-11,13-14H,8-9,12,15H2,1-2H3. The molecule has 1 amide bonds. The molecule has 4 nitrogen and oxygen atoms in total. The second-order valence-corrected chi connectivity index (χ2v) is 7.42. The summed E-state index contributed by atoms with van der Waals surface area (Å²) in [5, 5.41) is 1.03. The van der Waals surface area contributed by atoms with Gasteiger partial charge >= 0.3 is 0 Å². The van der Waals surface area contributed by atoms with Crippen LogP contribution in [0.1, 0.15) is 31.5 Å². The van der Waals surface area contributed by atoms with Crippen LogP contribution in [0, 0.1) is 6.92 Å².